The van der Waals surface area contributed by atoms with Gasteiger partial charge >= 0.3 is 0 Å². The summed E-state index contributed by atoms with van der Waals surface area (Å²) in [5.74, 6) is 0.0570. The Labute approximate surface area is 214 Å². The van der Waals surface area contributed by atoms with Crippen LogP contribution in [-0.2, 0) is 4.74 Å². The van der Waals surface area contributed by atoms with Crippen LogP contribution in [0, 0.1) is 5.82 Å². The van der Waals surface area contributed by atoms with Crippen molar-refractivity contribution >= 4 is 28.4 Å². The minimum atomic E-state index is -0.494. The lowest BCUT2D eigenvalue weighted by atomic mass is 10.1. The molecular formula is C28H29FN6O2. The molecule has 1 amide bonds. The second-order valence-electron chi connectivity index (χ2n) is 9.51. The van der Waals surface area contributed by atoms with Crippen LogP contribution in [0.1, 0.15) is 29.6 Å². The van der Waals surface area contributed by atoms with E-state index < -0.39 is 5.82 Å². The van der Waals surface area contributed by atoms with Gasteiger partial charge < -0.3 is 20.3 Å². The number of hydrogen-bond acceptors (Lipinski definition) is 6. The standard InChI is InChI=1S/C28H29FN6O2/c29-22-18-20(6-9-23(22)30)26-32-25-24(33-12-2-1-3-13-33)10-11-31-27(25)35(26)21-7-4-19(5-8-21)28(36)34-14-16-37-17-15-34/h4-11,18H,1-3,12-17,30H2. The van der Waals surface area contributed by atoms with Crippen LogP contribution in [0.2, 0.25) is 0 Å². The largest absolute Gasteiger partial charge is 0.396 e. The third-order valence-electron chi connectivity index (χ3n) is 7.15. The number of piperidine rings is 1. The molecule has 0 radical (unpaired) electrons. The second kappa shape index (κ2) is 9.82. The Morgan fingerprint density at radius 1 is 0.946 bits per heavy atom. The highest BCUT2D eigenvalue weighted by Gasteiger charge is 2.23. The van der Waals surface area contributed by atoms with Crippen molar-refractivity contribution in [2.45, 2.75) is 19.3 Å². The van der Waals surface area contributed by atoms with Gasteiger partial charge in [0.2, 0.25) is 0 Å². The molecule has 0 unspecified atom stereocenters. The first-order chi connectivity index (χ1) is 18.1. The van der Waals surface area contributed by atoms with Gasteiger partial charge in [0.25, 0.3) is 5.91 Å². The SMILES string of the molecule is Nc1ccc(-c2nc3c(N4CCCCC4)ccnc3n2-c2ccc(C(=O)N3CCOCC3)cc2)cc1F. The maximum Gasteiger partial charge on any atom is 0.254 e. The number of carbonyl (C=O) groups excluding carboxylic acids is 1. The first kappa shape index (κ1) is 23.4. The molecule has 0 bridgehead atoms. The molecule has 2 aromatic carbocycles. The number of benzene rings is 2. The molecule has 0 aliphatic carbocycles. The first-order valence-electron chi connectivity index (χ1n) is 12.8. The molecule has 37 heavy (non-hydrogen) atoms. The quantitative estimate of drug-likeness (QED) is 0.421. The van der Waals surface area contributed by atoms with Crippen molar-refractivity contribution in [1.82, 2.24) is 19.4 Å². The maximum absolute atomic E-state index is 14.5. The lowest BCUT2D eigenvalue weighted by Crippen LogP contribution is -2.40. The third-order valence-corrected chi connectivity index (χ3v) is 7.15. The summed E-state index contributed by atoms with van der Waals surface area (Å²) in [6.07, 6.45) is 5.30. The fraction of sp³-hybridized carbons (Fsp3) is 0.321. The van der Waals surface area contributed by atoms with Gasteiger partial charge in [0.1, 0.15) is 17.2 Å². The van der Waals surface area contributed by atoms with Crippen molar-refractivity contribution < 1.29 is 13.9 Å². The highest BCUT2D eigenvalue weighted by molar-refractivity contribution is 5.95. The number of nitrogens with two attached hydrogens (primary N) is 1. The van der Waals surface area contributed by atoms with Gasteiger partial charge in [-0.1, -0.05) is 0 Å². The number of imidazole rings is 1. The molecule has 0 spiro atoms. The van der Waals surface area contributed by atoms with Gasteiger partial charge in [0.05, 0.1) is 24.6 Å². The van der Waals surface area contributed by atoms with E-state index >= 15 is 0 Å². The van der Waals surface area contributed by atoms with Crippen molar-refractivity contribution in [2.24, 2.45) is 0 Å². The monoisotopic (exact) mass is 500 g/mol. The smallest absolute Gasteiger partial charge is 0.254 e. The highest BCUT2D eigenvalue weighted by Crippen LogP contribution is 2.34. The number of nitrogen functional groups attached to an aromatic ring is 1. The van der Waals surface area contributed by atoms with Crippen LogP contribution in [-0.4, -0.2) is 64.7 Å². The number of halogens is 1. The molecule has 2 aromatic heterocycles. The second-order valence-corrected chi connectivity index (χ2v) is 9.51. The van der Waals surface area contributed by atoms with Crippen LogP contribution in [0.15, 0.2) is 54.7 Å². The minimum Gasteiger partial charge on any atom is -0.396 e. The van der Waals surface area contributed by atoms with E-state index in [1.54, 1.807) is 23.2 Å². The van der Waals surface area contributed by atoms with Crippen LogP contribution in [0.5, 0.6) is 0 Å². The molecule has 8 nitrogen and oxygen atoms in total. The van der Waals surface area contributed by atoms with Crippen LogP contribution in [0.25, 0.3) is 28.2 Å². The number of fused-ring (bicyclic) bond motifs is 1. The zero-order valence-electron chi connectivity index (χ0n) is 20.6. The molecule has 9 heteroatoms. The van der Waals surface area contributed by atoms with E-state index in [1.165, 1.54) is 12.5 Å². The van der Waals surface area contributed by atoms with Crippen LogP contribution >= 0.6 is 0 Å². The number of anilines is 2. The highest BCUT2D eigenvalue weighted by atomic mass is 19.1. The summed E-state index contributed by atoms with van der Waals surface area (Å²) >= 11 is 0. The van der Waals surface area contributed by atoms with E-state index in [-0.39, 0.29) is 11.6 Å². The van der Waals surface area contributed by atoms with Crippen molar-refractivity contribution in [2.75, 3.05) is 50.0 Å². The van der Waals surface area contributed by atoms with Gasteiger partial charge in [-0.2, -0.15) is 0 Å². The summed E-state index contributed by atoms with van der Waals surface area (Å²) in [4.78, 5) is 26.8. The molecule has 2 aliphatic rings. The fourth-order valence-corrected chi connectivity index (χ4v) is 5.16. The molecule has 0 atom stereocenters. The molecule has 190 valence electrons. The molecular weight excluding hydrogens is 471 g/mol. The number of nitrogens with zero attached hydrogens (tertiary/aromatic N) is 5. The van der Waals surface area contributed by atoms with Gasteiger partial charge in [-0.05, 0) is 67.8 Å². The lowest BCUT2D eigenvalue weighted by Gasteiger charge is -2.28. The summed E-state index contributed by atoms with van der Waals surface area (Å²) in [5.41, 5.74) is 10.3. The Morgan fingerprint density at radius 3 is 2.43 bits per heavy atom. The summed E-state index contributed by atoms with van der Waals surface area (Å²) in [6.45, 7) is 4.21. The van der Waals surface area contributed by atoms with Crippen molar-refractivity contribution in [1.29, 1.82) is 0 Å². The molecule has 4 aromatic rings. The van der Waals surface area contributed by atoms with E-state index in [1.807, 2.05) is 34.9 Å². The normalized spacial score (nSPS) is 16.4. The van der Waals surface area contributed by atoms with Gasteiger partial charge in [0, 0.05) is 49.2 Å². The fourth-order valence-electron chi connectivity index (χ4n) is 5.16. The predicted octanol–water partition coefficient (Wildman–Crippen LogP) is 4.27. The number of aromatic nitrogens is 3. The Balaban J connectivity index is 1.47. The molecule has 2 saturated heterocycles. The lowest BCUT2D eigenvalue weighted by molar-refractivity contribution is 0.0303. The number of rotatable bonds is 4. The average Bonchev–Trinajstić information content (AvgIpc) is 3.35. The van der Waals surface area contributed by atoms with Crippen LogP contribution in [0.4, 0.5) is 15.8 Å². The zero-order valence-corrected chi connectivity index (χ0v) is 20.6. The molecule has 4 heterocycles. The number of ether oxygens (including phenoxy) is 1. The third kappa shape index (κ3) is 4.40. The minimum absolute atomic E-state index is 0.0170. The van der Waals surface area contributed by atoms with Crippen molar-refractivity contribution in [3.05, 3.63) is 66.1 Å². The molecule has 2 aliphatic heterocycles. The molecule has 6 rings (SSSR count). The van der Waals surface area contributed by atoms with Gasteiger partial charge in [-0.3, -0.25) is 9.36 Å². The number of carbonyl (C=O) groups is 1. The number of hydrogen-bond donors (Lipinski definition) is 1. The van der Waals surface area contributed by atoms with Crippen molar-refractivity contribution in [3.63, 3.8) is 0 Å². The Hall–Kier alpha value is -3.98. The topological polar surface area (TPSA) is 89.5 Å². The first-order valence-corrected chi connectivity index (χ1v) is 12.8. The Morgan fingerprint density at radius 2 is 1.70 bits per heavy atom. The summed E-state index contributed by atoms with van der Waals surface area (Å²) in [5, 5.41) is 0. The van der Waals surface area contributed by atoms with Crippen molar-refractivity contribution in [3.8, 4) is 17.1 Å². The zero-order chi connectivity index (χ0) is 25.4. The van der Waals surface area contributed by atoms with Crippen LogP contribution in [0.3, 0.4) is 0 Å². The average molecular weight is 501 g/mol. The Kier molecular flexibility index (Phi) is 6.21. The van der Waals surface area contributed by atoms with E-state index in [9.17, 15) is 9.18 Å². The number of pyridine rings is 1. The van der Waals surface area contributed by atoms with E-state index in [4.69, 9.17) is 20.4 Å². The Bertz CT molecular complexity index is 1440. The number of amides is 1. The molecule has 0 saturated carbocycles. The van der Waals surface area contributed by atoms with Gasteiger partial charge in [0.15, 0.2) is 5.65 Å². The van der Waals surface area contributed by atoms with E-state index in [0.717, 1.165) is 42.8 Å². The summed E-state index contributed by atoms with van der Waals surface area (Å²) in [6, 6.07) is 14.2. The van der Waals surface area contributed by atoms with Gasteiger partial charge in [-0.25, -0.2) is 14.4 Å². The number of morpholine rings is 1. The molecule has 2 N–H and O–H groups in total. The predicted molar refractivity (Wildman–Crippen MR) is 141 cm³/mol. The summed E-state index contributed by atoms with van der Waals surface area (Å²) in [7, 11) is 0. The maximum atomic E-state index is 14.5. The molecule has 2 fully saturated rings. The van der Waals surface area contributed by atoms with Gasteiger partial charge in [-0.15, -0.1) is 0 Å². The van der Waals surface area contributed by atoms with E-state index in [2.05, 4.69) is 4.90 Å². The summed E-state index contributed by atoms with van der Waals surface area (Å²) < 4.78 is 21.8. The van der Waals surface area contributed by atoms with E-state index in [0.29, 0.717) is 48.9 Å². The van der Waals surface area contributed by atoms with Crippen LogP contribution < -0.4 is 10.6 Å².